The Morgan fingerprint density at radius 3 is 1.81 bits per heavy atom. The van der Waals surface area contributed by atoms with Crippen molar-refractivity contribution in [3.05, 3.63) is 102 Å². The Labute approximate surface area is 279 Å². The monoisotopic (exact) mass is 693 g/mol. The Morgan fingerprint density at radius 2 is 1.40 bits per heavy atom. The highest BCUT2D eigenvalue weighted by molar-refractivity contribution is 7.89. The summed E-state index contributed by atoms with van der Waals surface area (Å²) in [5, 5.41) is 19.5. The van der Waals surface area contributed by atoms with Crippen molar-refractivity contribution in [2.45, 2.75) is 80.9 Å². The summed E-state index contributed by atoms with van der Waals surface area (Å²) in [4.78, 5) is 26.6. The predicted octanol–water partition coefficient (Wildman–Crippen LogP) is 4.79. The highest BCUT2D eigenvalue weighted by Crippen LogP contribution is 2.34. The molecule has 10 nitrogen and oxygen atoms in total. The molecule has 262 valence electrons. The van der Waals surface area contributed by atoms with E-state index in [4.69, 9.17) is 5.73 Å². The molecule has 0 radical (unpaired) electrons. The number of nitrogens with two attached hydrogens (primary N) is 1. The SMILES string of the molecule is COC(=O)N(C(=O)[C@@H](N)C(c1ccccc1)c1ccccc1)[C@H](CCC[C@@H](CO)N(C(C)C)S(=O)(=O)c1ccc(CO)cc1)C(F)(F)F. The van der Waals surface area contributed by atoms with Crippen LogP contribution in [0.4, 0.5) is 18.0 Å². The van der Waals surface area contributed by atoms with Crippen LogP contribution in [-0.4, -0.2) is 83.9 Å². The molecule has 0 fully saturated rings. The molecular weight excluding hydrogens is 651 g/mol. The molecule has 48 heavy (non-hydrogen) atoms. The molecule has 0 aliphatic heterocycles. The molecule has 0 saturated carbocycles. The number of alkyl halides is 3. The van der Waals surface area contributed by atoms with Crippen molar-refractivity contribution < 1.29 is 46.1 Å². The van der Waals surface area contributed by atoms with Crippen molar-refractivity contribution in [2.75, 3.05) is 13.7 Å². The van der Waals surface area contributed by atoms with E-state index in [0.29, 0.717) is 16.7 Å². The van der Waals surface area contributed by atoms with Crippen LogP contribution in [0.25, 0.3) is 0 Å². The number of aliphatic hydroxyl groups excluding tert-OH is 2. The largest absolute Gasteiger partial charge is 0.452 e. The van der Waals surface area contributed by atoms with Crippen molar-refractivity contribution in [1.29, 1.82) is 0 Å². The number of sulfonamides is 1. The third-order valence-corrected chi connectivity index (χ3v) is 10.2. The summed E-state index contributed by atoms with van der Waals surface area (Å²) in [7, 11) is -3.37. The van der Waals surface area contributed by atoms with Crippen LogP contribution in [0.3, 0.4) is 0 Å². The van der Waals surface area contributed by atoms with E-state index in [1.807, 2.05) is 0 Å². The predicted molar refractivity (Wildman–Crippen MR) is 173 cm³/mol. The normalized spacial score (nSPS) is 14.2. The molecule has 0 aliphatic carbocycles. The lowest BCUT2D eigenvalue weighted by atomic mass is 9.84. The molecule has 4 N–H and O–H groups in total. The number of methoxy groups -OCH3 is 1. The minimum atomic E-state index is -5.11. The summed E-state index contributed by atoms with van der Waals surface area (Å²) >= 11 is 0. The molecule has 0 heterocycles. The average Bonchev–Trinajstić information content (AvgIpc) is 3.07. The van der Waals surface area contributed by atoms with Crippen LogP contribution in [0.15, 0.2) is 89.8 Å². The third-order valence-electron chi connectivity index (χ3n) is 8.04. The van der Waals surface area contributed by atoms with E-state index in [1.165, 1.54) is 24.3 Å². The number of rotatable bonds is 15. The minimum Gasteiger partial charge on any atom is -0.452 e. The van der Waals surface area contributed by atoms with Crippen LogP contribution in [0.1, 0.15) is 55.7 Å². The summed E-state index contributed by atoms with van der Waals surface area (Å²) in [6.45, 7) is 2.12. The number of aliphatic hydroxyl groups is 2. The Morgan fingerprint density at radius 1 is 0.875 bits per heavy atom. The van der Waals surface area contributed by atoms with Gasteiger partial charge in [-0.05, 0) is 61.9 Å². The fourth-order valence-corrected chi connectivity index (χ4v) is 7.61. The lowest BCUT2D eigenvalue weighted by Crippen LogP contribution is -2.57. The average molecular weight is 694 g/mol. The van der Waals surface area contributed by atoms with Crippen LogP contribution >= 0.6 is 0 Å². The van der Waals surface area contributed by atoms with Crippen molar-refractivity contribution in [1.82, 2.24) is 9.21 Å². The first kappa shape index (κ1) is 38.6. The molecule has 3 rings (SSSR count). The van der Waals surface area contributed by atoms with E-state index in [2.05, 4.69) is 4.74 Å². The molecule has 0 aliphatic rings. The number of hydrogen-bond donors (Lipinski definition) is 3. The van der Waals surface area contributed by atoms with Gasteiger partial charge < -0.3 is 20.7 Å². The van der Waals surface area contributed by atoms with Crippen molar-refractivity contribution in [2.24, 2.45) is 5.73 Å². The van der Waals surface area contributed by atoms with Crippen LogP contribution in [0, 0.1) is 0 Å². The first-order chi connectivity index (χ1) is 22.7. The molecular formula is C34H42F3N3O7S. The van der Waals surface area contributed by atoms with E-state index in [1.54, 1.807) is 74.5 Å². The van der Waals surface area contributed by atoms with E-state index in [9.17, 15) is 41.4 Å². The van der Waals surface area contributed by atoms with E-state index >= 15 is 0 Å². The van der Waals surface area contributed by atoms with Gasteiger partial charge in [-0.2, -0.15) is 17.5 Å². The van der Waals surface area contributed by atoms with Crippen LogP contribution in [-0.2, 0) is 26.2 Å². The number of imide groups is 1. The number of hydrogen-bond acceptors (Lipinski definition) is 8. The zero-order valence-corrected chi connectivity index (χ0v) is 27.8. The van der Waals surface area contributed by atoms with Crippen molar-refractivity contribution in [3.8, 4) is 0 Å². The lowest BCUT2D eigenvalue weighted by Gasteiger charge is -2.35. The van der Waals surface area contributed by atoms with Gasteiger partial charge in [0.25, 0.3) is 0 Å². The summed E-state index contributed by atoms with van der Waals surface area (Å²) in [5.41, 5.74) is 7.98. The molecule has 2 amide bonds. The lowest BCUT2D eigenvalue weighted by molar-refractivity contribution is -0.187. The first-order valence-electron chi connectivity index (χ1n) is 15.4. The van der Waals surface area contributed by atoms with Crippen molar-refractivity contribution >= 4 is 22.0 Å². The Kier molecular flexibility index (Phi) is 13.7. The summed E-state index contributed by atoms with van der Waals surface area (Å²) in [6.07, 6.45) is -8.04. The molecule has 0 saturated heterocycles. The second kappa shape index (κ2) is 17.0. The molecule has 14 heteroatoms. The van der Waals surface area contributed by atoms with Gasteiger partial charge in [0.2, 0.25) is 15.9 Å². The van der Waals surface area contributed by atoms with Gasteiger partial charge in [0.1, 0.15) is 6.04 Å². The van der Waals surface area contributed by atoms with E-state index in [-0.39, 0.29) is 29.2 Å². The van der Waals surface area contributed by atoms with Gasteiger partial charge in [0.05, 0.1) is 31.3 Å². The van der Waals surface area contributed by atoms with Crippen LogP contribution in [0.5, 0.6) is 0 Å². The van der Waals surface area contributed by atoms with Crippen molar-refractivity contribution in [3.63, 3.8) is 0 Å². The standard InChI is InChI=1S/C34H42F3N3O7S/c1-23(2)40(48(45,46)28-19-17-24(21-41)18-20-28)27(22-42)15-10-16-29(34(35,36)37)39(33(44)47-3)32(43)31(38)30(25-11-6-4-7-12-25)26-13-8-5-9-14-26/h4-9,11-14,17-20,23,27,29-31,41-42H,10,15-16,21-22,38H2,1-3H3/t27-,29+,31-/m0/s1. The summed E-state index contributed by atoms with van der Waals surface area (Å²) in [6, 6.07) is 16.3. The summed E-state index contributed by atoms with van der Waals surface area (Å²) in [5.74, 6) is -2.21. The second-order valence-corrected chi connectivity index (χ2v) is 13.4. The van der Waals surface area contributed by atoms with Gasteiger partial charge in [-0.15, -0.1) is 0 Å². The molecule has 0 bridgehead atoms. The topological polar surface area (TPSA) is 150 Å². The highest BCUT2D eigenvalue weighted by Gasteiger charge is 2.50. The number of halogens is 3. The maximum absolute atomic E-state index is 14.7. The number of benzene rings is 3. The number of carbonyl (C=O) groups excluding carboxylic acids is 2. The van der Waals surface area contributed by atoms with Gasteiger partial charge in [0.15, 0.2) is 0 Å². The second-order valence-electron chi connectivity index (χ2n) is 11.6. The molecule has 3 aromatic carbocycles. The Hall–Kier alpha value is -3.82. The zero-order chi connectivity index (χ0) is 35.6. The van der Waals surface area contributed by atoms with E-state index in [0.717, 1.165) is 11.4 Å². The molecule has 0 spiro atoms. The number of amides is 2. The molecule has 0 unspecified atom stereocenters. The quantitative estimate of drug-likeness (QED) is 0.206. The number of ether oxygens (including phenoxy) is 1. The molecule has 3 aromatic rings. The molecule has 0 aromatic heterocycles. The third kappa shape index (κ3) is 9.20. The van der Waals surface area contributed by atoms with Gasteiger partial charge in [-0.3, -0.25) is 4.79 Å². The van der Waals surface area contributed by atoms with Gasteiger partial charge in [-0.25, -0.2) is 18.1 Å². The van der Waals surface area contributed by atoms with Crippen LogP contribution < -0.4 is 5.73 Å². The smallest absolute Gasteiger partial charge is 0.416 e. The fraction of sp³-hybridized carbons (Fsp3) is 0.412. The Bertz CT molecular complexity index is 1540. The van der Waals surface area contributed by atoms with E-state index < -0.39 is 71.3 Å². The number of carbonyl (C=O) groups is 2. The highest BCUT2D eigenvalue weighted by atomic mass is 32.2. The zero-order valence-electron chi connectivity index (χ0n) is 27.0. The minimum absolute atomic E-state index is 0.00281. The maximum atomic E-state index is 14.7. The Balaban J connectivity index is 1.92. The van der Waals surface area contributed by atoms with Gasteiger partial charge >= 0.3 is 12.3 Å². The number of nitrogens with zero attached hydrogens (tertiary/aromatic N) is 2. The molecule has 3 atom stereocenters. The van der Waals surface area contributed by atoms with Gasteiger partial charge in [-0.1, -0.05) is 72.8 Å². The first-order valence-corrected chi connectivity index (χ1v) is 16.8. The maximum Gasteiger partial charge on any atom is 0.416 e. The van der Waals surface area contributed by atoms with Gasteiger partial charge in [0, 0.05) is 18.0 Å². The summed E-state index contributed by atoms with van der Waals surface area (Å²) < 4.78 is 76.9. The van der Waals surface area contributed by atoms with Crippen LogP contribution in [0.2, 0.25) is 0 Å². The fourth-order valence-electron chi connectivity index (χ4n) is 5.77.